The molecule has 1 fully saturated rings. The molecule has 3 nitrogen and oxygen atoms in total. The van der Waals surface area contributed by atoms with Crippen molar-refractivity contribution in [3.63, 3.8) is 0 Å². The Labute approximate surface area is 136 Å². The van der Waals surface area contributed by atoms with Gasteiger partial charge in [0.1, 0.15) is 0 Å². The SMILES string of the molecule is O=C(NCCSC(F)(F)F)N1CCC[C@@H]1c1ccc(Cl)cc1. The van der Waals surface area contributed by atoms with Crippen molar-refractivity contribution in [3.8, 4) is 0 Å². The zero-order valence-corrected chi connectivity index (χ0v) is 13.3. The van der Waals surface area contributed by atoms with Crippen molar-refractivity contribution in [3.05, 3.63) is 34.9 Å². The highest BCUT2D eigenvalue weighted by Crippen LogP contribution is 2.32. The Kier molecular flexibility index (Phi) is 5.86. The summed E-state index contributed by atoms with van der Waals surface area (Å²) in [5.41, 5.74) is -3.27. The number of rotatable bonds is 4. The number of hydrogen-bond donors (Lipinski definition) is 1. The number of benzene rings is 1. The van der Waals surface area contributed by atoms with E-state index < -0.39 is 5.51 Å². The van der Waals surface area contributed by atoms with Gasteiger partial charge in [-0.2, -0.15) is 13.2 Å². The molecule has 1 aliphatic rings. The summed E-state index contributed by atoms with van der Waals surface area (Å²) in [5.74, 6) is -0.186. The average Bonchev–Trinajstić information content (AvgIpc) is 2.92. The third kappa shape index (κ3) is 4.98. The second-order valence-electron chi connectivity index (χ2n) is 4.93. The molecule has 8 heteroatoms. The number of amides is 2. The van der Waals surface area contributed by atoms with Crippen LogP contribution in [0.15, 0.2) is 24.3 Å². The van der Waals surface area contributed by atoms with Crippen LogP contribution >= 0.6 is 23.4 Å². The van der Waals surface area contributed by atoms with Crippen molar-refractivity contribution in [1.29, 1.82) is 0 Å². The standard InChI is InChI=1S/C14H16ClF3N2OS/c15-11-5-3-10(4-6-11)12-2-1-8-20(12)13(21)19-7-9-22-14(16,17)18/h3-6,12H,1-2,7-9H2,(H,19,21)/t12-/m1/s1. The van der Waals surface area contributed by atoms with Crippen molar-refractivity contribution >= 4 is 29.4 Å². The topological polar surface area (TPSA) is 32.3 Å². The highest BCUT2D eigenvalue weighted by atomic mass is 35.5. The Bertz CT molecular complexity index is 510. The molecule has 22 heavy (non-hydrogen) atoms. The fourth-order valence-corrected chi connectivity index (χ4v) is 3.03. The van der Waals surface area contributed by atoms with Crippen LogP contribution in [0, 0.1) is 0 Å². The number of nitrogens with zero attached hydrogens (tertiary/aromatic N) is 1. The third-order valence-corrected chi connectivity index (χ3v) is 4.40. The molecule has 0 aromatic heterocycles. The number of carbonyl (C=O) groups excluding carboxylic acids is 1. The van der Waals surface area contributed by atoms with E-state index in [1.807, 2.05) is 12.1 Å². The summed E-state index contributed by atoms with van der Waals surface area (Å²) in [4.78, 5) is 13.8. The molecule has 1 aliphatic heterocycles. The predicted molar refractivity (Wildman–Crippen MR) is 82.0 cm³/mol. The average molecular weight is 353 g/mol. The number of likely N-dealkylation sites (tertiary alicyclic amines) is 1. The number of urea groups is 1. The van der Waals surface area contributed by atoms with E-state index in [4.69, 9.17) is 11.6 Å². The first kappa shape index (κ1) is 17.3. The maximum absolute atomic E-state index is 12.1. The van der Waals surface area contributed by atoms with Crippen LogP contribution in [0.5, 0.6) is 0 Å². The van der Waals surface area contributed by atoms with E-state index in [9.17, 15) is 18.0 Å². The monoisotopic (exact) mass is 352 g/mol. The van der Waals surface area contributed by atoms with Crippen LogP contribution in [0.1, 0.15) is 24.4 Å². The Hall–Kier alpha value is -1.08. The van der Waals surface area contributed by atoms with Gasteiger partial charge < -0.3 is 10.2 Å². The molecular formula is C14H16ClF3N2OS. The fraction of sp³-hybridized carbons (Fsp3) is 0.500. The number of thioether (sulfide) groups is 1. The molecule has 0 spiro atoms. The van der Waals surface area contributed by atoms with Gasteiger partial charge >= 0.3 is 11.5 Å². The first-order valence-electron chi connectivity index (χ1n) is 6.87. The molecule has 1 atom stereocenters. The summed E-state index contributed by atoms with van der Waals surface area (Å²) in [6, 6.07) is 6.92. The normalized spacial score (nSPS) is 18.5. The minimum absolute atomic E-state index is 0.00710. The molecule has 1 N–H and O–H groups in total. The summed E-state index contributed by atoms with van der Waals surface area (Å²) < 4.78 is 36.1. The smallest absolute Gasteiger partial charge is 0.337 e. The van der Waals surface area contributed by atoms with Gasteiger partial charge in [0, 0.05) is 23.9 Å². The van der Waals surface area contributed by atoms with E-state index >= 15 is 0 Å². The van der Waals surface area contributed by atoms with Gasteiger partial charge in [0.05, 0.1) is 6.04 Å². The zero-order valence-electron chi connectivity index (χ0n) is 11.7. The molecule has 2 amide bonds. The van der Waals surface area contributed by atoms with Crippen LogP contribution in [0.3, 0.4) is 0 Å². The molecule has 0 unspecified atom stereocenters. The highest BCUT2D eigenvalue weighted by Gasteiger charge is 2.30. The number of halogens is 4. The Balaban J connectivity index is 1.87. The van der Waals surface area contributed by atoms with E-state index in [-0.39, 0.29) is 36.1 Å². The summed E-state index contributed by atoms with van der Waals surface area (Å²) >= 11 is 5.72. The van der Waals surface area contributed by atoms with Crippen LogP contribution < -0.4 is 5.32 Å². The first-order valence-corrected chi connectivity index (χ1v) is 8.24. The van der Waals surface area contributed by atoms with E-state index in [0.717, 1.165) is 18.4 Å². The lowest BCUT2D eigenvalue weighted by Crippen LogP contribution is -2.40. The molecule has 0 aliphatic carbocycles. The lowest BCUT2D eigenvalue weighted by Gasteiger charge is -2.25. The van der Waals surface area contributed by atoms with Crippen molar-refractivity contribution in [2.45, 2.75) is 24.4 Å². The summed E-state index contributed by atoms with van der Waals surface area (Å²) in [6.45, 7) is 0.596. The molecule has 1 saturated heterocycles. The predicted octanol–water partition coefficient (Wildman–Crippen LogP) is 4.44. The maximum atomic E-state index is 12.1. The number of nitrogens with one attached hydrogen (secondary N) is 1. The van der Waals surface area contributed by atoms with Crippen LogP contribution in [0.2, 0.25) is 5.02 Å². The van der Waals surface area contributed by atoms with E-state index in [0.29, 0.717) is 11.6 Å². The number of carbonyl (C=O) groups is 1. The van der Waals surface area contributed by atoms with Crippen LogP contribution in [0.4, 0.5) is 18.0 Å². The van der Waals surface area contributed by atoms with Gasteiger partial charge in [0.25, 0.3) is 0 Å². The Morgan fingerprint density at radius 2 is 2.05 bits per heavy atom. The molecule has 0 bridgehead atoms. The quantitative estimate of drug-likeness (QED) is 0.812. The summed E-state index contributed by atoms with van der Waals surface area (Å²) in [6.07, 6.45) is 1.71. The van der Waals surface area contributed by atoms with Gasteiger partial charge in [-0.25, -0.2) is 4.79 Å². The maximum Gasteiger partial charge on any atom is 0.441 e. The largest absolute Gasteiger partial charge is 0.441 e. The van der Waals surface area contributed by atoms with E-state index in [2.05, 4.69) is 5.32 Å². The third-order valence-electron chi connectivity index (χ3n) is 3.41. The second kappa shape index (κ2) is 7.46. The van der Waals surface area contributed by atoms with Gasteiger partial charge in [-0.05, 0) is 42.3 Å². The van der Waals surface area contributed by atoms with E-state index in [1.54, 1.807) is 17.0 Å². The molecular weight excluding hydrogens is 337 g/mol. The zero-order chi connectivity index (χ0) is 16.2. The fourth-order valence-electron chi connectivity index (χ4n) is 2.47. The lowest BCUT2D eigenvalue weighted by molar-refractivity contribution is -0.0327. The molecule has 1 heterocycles. The first-order chi connectivity index (χ1) is 10.4. The minimum atomic E-state index is -4.26. The lowest BCUT2D eigenvalue weighted by atomic mass is 10.1. The minimum Gasteiger partial charge on any atom is -0.337 e. The molecule has 0 radical (unpaired) electrons. The van der Waals surface area contributed by atoms with Gasteiger partial charge in [0.15, 0.2) is 0 Å². The Morgan fingerprint density at radius 3 is 2.68 bits per heavy atom. The second-order valence-corrected chi connectivity index (χ2v) is 6.53. The number of alkyl halides is 3. The van der Waals surface area contributed by atoms with Crippen LogP contribution in [0.25, 0.3) is 0 Å². The Morgan fingerprint density at radius 1 is 1.36 bits per heavy atom. The van der Waals surface area contributed by atoms with Crippen molar-refractivity contribution in [1.82, 2.24) is 10.2 Å². The highest BCUT2D eigenvalue weighted by molar-refractivity contribution is 8.00. The van der Waals surface area contributed by atoms with Crippen molar-refractivity contribution in [2.75, 3.05) is 18.8 Å². The summed E-state index contributed by atoms with van der Waals surface area (Å²) in [5, 5.41) is 3.18. The van der Waals surface area contributed by atoms with E-state index in [1.165, 1.54) is 0 Å². The molecule has 122 valence electrons. The van der Waals surface area contributed by atoms with Crippen molar-refractivity contribution in [2.24, 2.45) is 0 Å². The summed E-state index contributed by atoms with van der Waals surface area (Å²) in [7, 11) is 0. The molecule has 1 aromatic rings. The molecule has 1 aromatic carbocycles. The number of hydrogen-bond acceptors (Lipinski definition) is 2. The van der Waals surface area contributed by atoms with Gasteiger partial charge in [0.2, 0.25) is 0 Å². The van der Waals surface area contributed by atoms with Crippen LogP contribution in [-0.2, 0) is 0 Å². The van der Waals surface area contributed by atoms with Gasteiger partial charge in [-0.3, -0.25) is 0 Å². The molecule has 0 saturated carbocycles. The molecule has 2 rings (SSSR count). The van der Waals surface area contributed by atoms with Crippen molar-refractivity contribution < 1.29 is 18.0 Å². The van der Waals surface area contributed by atoms with Gasteiger partial charge in [-0.1, -0.05) is 23.7 Å². The van der Waals surface area contributed by atoms with Crippen LogP contribution in [-0.4, -0.2) is 35.3 Å². The van der Waals surface area contributed by atoms with Gasteiger partial charge in [-0.15, -0.1) is 0 Å².